The molecule has 0 radical (unpaired) electrons. The molecule has 1 saturated heterocycles. The lowest BCUT2D eigenvalue weighted by Gasteiger charge is -2.20. The van der Waals surface area contributed by atoms with Gasteiger partial charge in [0.25, 0.3) is 0 Å². The van der Waals surface area contributed by atoms with Crippen molar-refractivity contribution in [2.45, 2.75) is 37.0 Å². The smallest absolute Gasteiger partial charge is 0.244 e. The number of carbonyl (C=O) groups excluding carboxylic acids is 1. The van der Waals surface area contributed by atoms with E-state index in [1.165, 1.54) is 6.08 Å². The first-order chi connectivity index (χ1) is 15.0. The molecule has 166 valence electrons. The van der Waals surface area contributed by atoms with Crippen LogP contribution in [0, 0.1) is 0 Å². The second-order valence-corrected chi connectivity index (χ2v) is 9.55. The number of sulfonamides is 1. The molecular weight excluding hydrogens is 412 g/mol. The van der Waals surface area contributed by atoms with Crippen LogP contribution in [0.1, 0.15) is 36.8 Å². The van der Waals surface area contributed by atoms with Crippen LogP contribution in [0.2, 0.25) is 0 Å². The van der Waals surface area contributed by atoms with E-state index >= 15 is 0 Å². The summed E-state index contributed by atoms with van der Waals surface area (Å²) in [6.07, 6.45) is 7.90. The maximum absolute atomic E-state index is 12.8. The highest BCUT2D eigenvalue weighted by Crippen LogP contribution is 2.20. The van der Waals surface area contributed by atoms with Crippen LogP contribution < -0.4 is 10.1 Å². The van der Waals surface area contributed by atoms with Crippen molar-refractivity contribution in [1.29, 1.82) is 0 Å². The number of rotatable bonds is 8. The minimum absolute atomic E-state index is 0.170. The molecule has 0 spiro atoms. The first kappa shape index (κ1) is 23.0. The predicted molar refractivity (Wildman–Crippen MR) is 122 cm³/mol. The van der Waals surface area contributed by atoms with Gasteiger partial charge in [-0.05, 0) is 60.7 Å². The molecule has 0 aliphatic carbocycles. The Morgan fingerprint density at radius 3 is 2.26 bits per heavy atom. The van der Waals surface area contributed by atoms with E-state index in [1.807, 2.05) is 36.4 Å². The summed E-state index contributed by atoms with van der Waals surface area (Å²) in [5.41, 5.74) is 1.89. The Hall–Kier alpha value is -2.64. The third-order valence-electron chi connectivity index (χ3n) is 5.38. The number of benzene rings is 2. The number of hydrogen-bond donors (Lipinski definition) is 1. The lowest BCUT2D eigenvalue weighted by Crippen LogP contribution is -2.31. The number of carbonyl (C=O) groups is 1. The van der Waals surface area contributed by atoms with E-state index in [2.05, 4.69) is 5.32 Å². The molecule has 0 unspecified atom stereocenters. The van der Waals surface area contributed by atoms with Crippen LogP contribution in [0.25, 0.3) is 6.08 Å². The van der Waals surface area contributed by atoms with Gasteiger partial charge in [-0.2, -0.15) is 4.31 Å². The molecule has 1 aliphatic rings. The standard InChI is InChI=1S/C24H30N2O4S/c1-30-22-11-6-20(7-12-22)10-15-24(27)25-17-16-21-8-13-23(14-9-21)31(28,29)26-18-4-2-3-5-19-26/h6-15H,2-5,16-19H2,1H3,(H,25,27)/b15-10+. The normalized spacial score (nSPS) is 15.5. The van der Waals surface area contributed by atoms with Crippen LogP contribution in [-0.2, 0) is 21.2 Å². The van der Waals surface area contributed by atoms with Crippen LogP contribution in [-0.4, -0.2) is 45.4 Å². The molecular formula is C24H30N2O4S. The lowest BCUT2D eigenvalue weighted by atomic mass is 10.1. The summed E-state index contributed by atoms with van der Waals surface area (Å²) >= 11 is 0. The molecule has 1 amide bonds. The molecule has 2 aromatic carbocycles. The number of methoxy groups -OCH3 is 1. The summed E-state index contributed by atoms with van der Waals surface area (Å²) in [5.74, 6) is 0.600. The van der Waals surface area contributed by atoms with Crippen molar-refractivity contribution in [1.82, 2.24) is 9.62 Å². The van der Waals surface area contributed by atoms with Crippen molar-refractivity contribution in [3.05, 3.63) is 65.7 Å². The SMILES string of the molecule is COc1ccc(/C=C/C(=O)NCCc2ccc(S(=O)(=O)N3CCCCCC3)cc2)cc1. The quantitative estimate of drug-likeness (QED) is 0.634. The summed E-state index contributed by atoms with van der Waals surface area (Å²) in [7, 11) is -1.82. The van der Waals surface area contributed by atoms with Crippen LogP contribution in [0.15, 0.2) is 59.5 Å². The van der Waals surface area contributed by atoms with Crippen molar-refractivity contribution in [2.24, 2.45) is 0 Å². The molecule has 31 heavy (non-hydrogen) atoms. The average molecular weight is 443 g/mol. The number of hydrogen-bond acceptors (Lipinski definition) is 4. The van der Waals surface area contributed by atoms with Gasteiger partial charge < -0.3 is 10.1 Å². The van der Waals surface area contributed by atoms with Gasteiger partial charge in [-0.3, -0.25) is 4.79 Å². The highest BCUT2D eigenvalue weighted by atomic mass is 32.2. The molecule has 1 heterocycles. The van der Waals surface area contributed by atoms with E-state index in [9.17, 15) is 13.2 Å². The van der Waals surface area contributed by atoms with Crippen LogP contribution in [0.5, 0.6) is 5.75 Å². The summed E-state index contributed by atoms with van der Waals surface area (Å²) in [4.78, 5) is 12.3. The van der Waals surface area contributed by atoms with E-state index in [0.717, 1.165) is 42.6 Å². The van der Waals surface area contributed by atoms with Gasteiger partial charge in [-0.1, -0.05) is 37.1 Å². The van der Waals surface area contributed by atoms with Crippen LogP contribution >= 0.6 is 0 Å². The zero-order valence-electron chi connectivity index (χ0n) is 17.9. The van der Waals surface area contributed by atoms with Gasteiger partial charge >= 0.3 is 0 Å². The number of amides is 1. The molecule has 2 aromatic rings. The average Bonchev–Trinajstić information content (AvgIpc) is 3.09. The fourth-order valence-electron chi connectivity index (χ4n) is 3.54. The Bertz CT molecular complexity index is 975. The molecule has 0 aromatic heterocycles. The van der Waals surface area contributed by atoms with Crippen molar-refractivity contribution < 1.29 is 17.9 Å². The van der Waals surface area contributed by atoms with Gasteiger partial charge in [0.15, 0.2) is 0 Å². The molecule has 0 atom stereocenters. The topological polar surface area (TPSA) is 75.7 Å². The maximum atomic E-state index is 12.8. The Morgan fingerprint density at radius 1 is 1.00 bits per heavy atom. The molecule has 1 N–H and O–H groups in total. The monoisotopic (exact) mass is 442 g/mol. The highest BCUT2D eigenvalue weighted by molar-refractivity contribution is 7.89. The van der Waals surface area contributed by atoms with E-state index in [1.54, 1.807) is 29.6 Å². The number of ether oxygens (including phenoxy) is 1. The third kappa shape index (κ3) is 6.67. The highest BCUT2D eigenvalue weighted by Gasteiger charge is 2.24. The van der Waals surface area contributed by atoms with E-state index in [-0.39, 0.29) is 5.91 Å². The summed E-state index contributed by atoms with van der Waals surface area (Å²) < 4.78 is 32.4. The fraction of sp³-hybridized carbons (Fsp3) is 0.375. The molecule has 0 bridgehead atoms. The predicted octanol–water partition coefficient (Wildman–Crippen LogP) is 3.63. The second-order valence-electron chi connectivity index (χ2n) is 7.61. The maximum Gasteiger partial charge on any atom is 0.244 e. The number of nitrogens with zero attached hydrogens (tertiary/aromatic N) is 1. The first-order valence-corrected chi connectivity index (χ1v) is 12.1. The summed E-state index contributed by atoms with van der Waals surface area (Å²) in [6, 6.07) is 14.4. The minimum atomic E-state index is -3.43. The molecule has 7 heteroatoms. The number of nitrogens with one attached hydrogen (secondary N) is 1. The zero-order valence-corrected chi connectivity index (χ0v) is 18.7. The molecule has 0 saturated carbocycles. The van der Waals surface area contributed by atoms with E-state index in [4.69, 9.17) is 4.74 Å². The Labute approximate surface area is 185 Å². The van der Waals surface area contributed by atoms with Gasteiger partial charge in [-0.25, -0.2) is 8.42 Å². The van der Waals surface area contributed by atoms with Gasteiger partial charge in [0, 0.05) is 25.7 Å². The van der Waals surface area contributed by atoms with Crippen LogP contribution in [0.4, 0.5) is 0 Å². The molecule has 1 fully saturated rings. The van der Waals surface area contributed by atoms with Gasteiger partial charge in [0.1, 0.15) is 5.75 Å². The fourth-order valence-corrected chi connectivity index (χ4v) is 5.05. The first-order valence-electron chi connectivity index (χ1n) is 10.7. The largest absolute Gasteiger partial charge is 0.497 e. The Kier molecular flexibility index (Phi) is 8.26. The summed E-state index contributed by atoms with van der Waals surface area (Å²) in [5, 5.41) is 2.85. The Morgan fingerprint density at radius 2 is 1.65 bits per heavy atom. The van der Waals surface area contributed by atoms with E-state index in [0.29, 0.717) is 31.0 Å². The van der Waals surface area contributed by atoms with Crippen molar-refractivity contribution in [3.63, 3.8) is 0 Å². The third-order valence-corrected chi connectivity index (χ3v) is 7.29. The van der Waals surface area contributed by atoms with Crippen molar-refractivity contribution in [3.8, 4) is 5.75 Å². The van der Waals surface area contributed by atoms with Gasteiger partial charge in [0.2, 0.25) is 15.9 Å². The minimum Gasteiger partial charge on any atom is -0.497 e. The Balaban J connectivity index is 1.48. The van der Waals surface area contributed by atoms with Gasteiger partial charge in [-0.15, -0.1) is 0 Å². The van der Waals surface area contributed by atoms with Crippen LogP contribution in [0.3, 0.4) is 0 Å². The van der Waals surface area contributed by atoms with E-state index < -0.39 is 10.0 Å². The summed E-state index contributed by atoms with van der Waals surface area (Å²) in [6.45, 7) is 1.67. The van der Waals surface area contributed by atoms with Gasteiger partial charge in [0.05, 0.1) is 12.0 Å². The molecule has 1 aliphatic heterocycles. The molecule has 3 rings (SSSR count). The lowest BCUT2D eigenvalue weighted by molar-refractivity contribution is -0.116. The van der Waals surface area contributed by atoms with Crippen molar-refractivity contribution in [2.75, 3.05) is 26.7 Å². The molecule has 6 nitrogen and oxygen atoms in total. The second kappa shape index (κ2) is 11.1. The zero-order chi connectivity index (χ0) is 22.1. The van der Waals surface area contributed by atoms with Crippen molar-refractivity contribution >= 4 is 22.0 Å².